The average molecular weight is 384 g/mol. The van der Waals surface area contributed by atoms with Gasteiger partial charge in [-0.3, -0.25) is 13.8 Å². The van der Waals surface area contributed by atoms with Crippen molar-refractivity contribution in [3.8, 4) is 6.07 Å². The van der Waals surface area contributed by atoms with E-state index in [1.165, 1.54) is 11.8 Å². The number of hydrogen-bond acceptors (Lipinski definition) is 6. The molecule has 5 nitrogen and oxygen atoms in total. The average Bonchev–Trinajstić information content (AvgIpc) is 3.35. The molecule has 0 radical (unpaired) electrons. The van der Waals surface area contributed by atoms with Crippen LogP contribution in [0.25, 0.3) is 0 Å². The van der Waals surface area contributed by atoms with Crippen LogP contribution in [0, 0.1) is 16.7 Å². The minimum absolute atomic E-state index is 0.173. The Bertz CT molecular complexity index is 964. The summed E-state index contributed by atoms with van der Waals surface area (Å²) in [5.41, 5.74) is 0.308. The van der Waals surface area contributed by atoms with Gasteiger partial charge in [0, 0.05) is 40.0 Å². The summed E-state index contributed by atoms with van der Waals surface area (Å²) in [6, 6.07) is 9.01. The summed E-state index contributed by atoms with van der Waals surface area (Å²) in [5.74, 6) is 0.838. The summed E-state index contributed by atoms with van der Waals surface area (Å²) in [4.78, 5) is 28.6. The molecule has 0 amide bonds. The van der Waals surface area contributed by atoms with Gasteiger partial charge in [-0.25, -0.2) is 0 Å². The van der Waals surface area contributed by atoms with Gasteiger partial charge in [-0.1, -0.05) is 24.3 Å². The number of carbonyl (C=O) groups excluding carboxylic acids is 2. The highest BCUT2D eigenvalue weighted by Crippen LogP contribution is 2.58. The highest BCUT2D eigenvalue weighted by molar-refractivity contribution is 8.14. The van der Waals surface area contributed by atoms with Gasteiger partial charge in [-0.2, -0.15) is 5.26 Å². The fraction of sp³-hybridized carbons (Fsp3) is 0.421. The maximum Gasteiger partial charge on any atom is 0.210 e. The topological polar surface area (TPSA) is 78.2 Å². The molecule has 0 spiro atoms. The Morgan fingerprint density at radius 3 is 2.62 bits per heavy atom. The molecule has 4 atom stereocenters. The van der Waals surface area contributed by atoms with E-state index in [4.69, 9.17) is 0 Å². The van der Waals surface area contributed by atoms with Crippen molar-refractivity contribution in [3.63, 3.8) is 0 Å². The van der Waals surface area contributed by atoms with Gasteiger partial charge in [0.2, 0.25) is 5.78 Å². The van der Waals surface area contributed by atoms with Crippen molar-refractivity contribution in [2.45, 2.75) is 23.5 Å². The smallest absolute Gasteiger partial charge is 0.210 e. The van der Waals surface area contributed by atoms with Crippen molar-refractivity contribution in [3.05, 3.63) is 46.7 Å². The van der Waals surface area contributed by atoms with Crippen LogP contribution in [0.3, 0.4) is 0 Å². The van der Waals surface area contributed by atoms with E-state index in [9.17, 15) is 19.1 Å². The first-order chi connectivity index (χ1) is 12.6. The number of rotatable bonds is 1. The minimum atomic E-state index is -1.18. The van der Waals surface area contributed by atoms with Gasteiger partial charge in [-0.15, -0.1) is 11.8 Å². The second kappa shape index (κ2) is 5.54. The van der Waals surface area contributed by atoms with Crippen molar-refractivity contribution < 1.29 is 13.8 Å². The van der Waals surface area contributed by atoms with E-state index < -0.39 is 20.8 Å². The zero-order valence-corrected chi connectivity index (χ0v) is 15.6. The second-order valence-corrected chi connectivity index (χ2v) is 10.2. The first kappa shape index (κ1) is 16.3. The van der Waals surface area contributed by atoms with Gasteiger partial charge in [0.05, 0.1) is 23.4 Å². The largest absolute Gasteiger partial charge is 0.363 e. The van der Waals surface area contributed by atoms with Crippen LogP contribution >= 0.6 is 11.8 Å². The Morgan fingerprint density at radius 1 is 1.23 bits per heavy atom. The summed E-state index contributed by atoms with van der Waals surface area (Å²) in [6.45, 7) is 0.665. The number of fused-ring (bicyclic) bond motifs is 3. The Hall–Kier alpha value is -1.91. The fourth-order valence-electron chi connectivity index (χ4n) is 4.91. The molecule has 1 aromatic rings. The monoisotopic (exact) mass is 384 g/mol. The number of carbonyl (C=O) groups is 2. The first-order valence-electron chi connectivity index (χ1n) is 8.71. The van der Waals surface area contributed by atoms with Gasteiger partial charge in [0.1, 0.15) is 10.00 Å². The third-order valence-corrected chi connectivity index (χ3v) is 9.80. The molecule has 1 aliphatic carbocycles. The number of thioether (sulfide) groups is 1. The van der Waals surface area contributed by atoms with Crippen molar-refractivity contribution in [2.24, 2.45) is 5.41 Å². The van der Waals surface area contributed by atoms with Gasteiger partial charge >= 0.3 is 0 Å². The molecule has 1 aromatic carbocycles. The van der Waals surface area contributed by atoms with Crippen molar-refractivity contribution in [1.29, 1.82) is 5.26 Å². The van der Waals surface area contributed by atoms with Gasteiger partial charge in [0.25, 0.3) is 0 Å². The van der Waals surface area contributed by atoms with Gasteiger partial charge in [-0.05, 0) is 12.8 Å². The Labute approximate surface area is 157 Å². The molecule has 3 aliphatic heterocycles. The number of allylic oxidation sites excluding steroid dienone is 1. The van der Waals surface area contributed by atoms with Crippen LogP contribution in [0.1, 0.15) is 33.6 Å². The lowest BCUT2D eigenvalue weighted by Crippen LogP contribution is -2.46. The van der Waals surface area contributed by atoms with Crippen LogP contribution in [0.5, 0.6) is 0 Å². The lowest BCUT2D eigenvalue weighted by Gasteiger charge is -2.35. The van der Waals surface area contributed by atoms with E-state index in [1.807, 2.05) is 4.90 Å². The van der Waals surface area contributed by atoms with Gasteiger partial charge < -0.3 is 4.90 Å². The SMILES string of the molecule is N#C[C@]1([C@@H]2SCCS2=O)C2=C(C(=O)c3ccccc3C2=O)N2CCC[C@@H]21. The second-order valence-electron chi connectivity index (χ2n) is 7.05. The van der Waals surface area contributed by atoms with E-state index in [0.29, 0.717) is 34.7 Å². The van der Waals surface area contributed by atoms with Crippen LogP contribution in [0.4, 0.5) is 0 Å². The molecule has 2 saturated heterocycles. The summed E-state index contributed by atoms with van der Waals surface area (Å²) in [5, 5.41) is 10.3. The number of Topliss-reactive ketones (excluding diaryl/α,β-unsaturated/α-hetero) is 2. The summed E-state index contributed by atoms with van der Waals surface area (Å²) >= 11 is 1.51. The number of ketones is 2. The Kier molecular flexibility index (Phi) is 3.47. The maximum atomic E-state index is 13.4. The minimum Gasteiger partial charge on any atom is -0.363 e. The third-order valence-electron chi connectivity index (χ3n) is 5.92. The molecular formula is C19H16N2O3S2. The molecule has 5 rings (SSSR count). The van der Waals surface area contributed by atoms with Crippen LogP contribution in [0.2, 0.25) is 0 Å². The van der Waals surface area contributed by atoms with Crippen LogP contribution in [-0.4, -0.2) is 49.3 Å². The summed E-state index contributed by atoms with van der Waals surface area (Å²) in [7, 11) is -1.18. The molecule has 0 saturated carbocycles. The molecule has 7 heteroatoms. The highest BCUT2D eigenvalue weighted by Gasteiger charge is 2.65. The van der Waals surface area contributed by atoms with E-state index in [1.54, 1.807) is 24.3 Å². The molecule has 0 aromatic heterocycles. The first-order valence-corrected chi connectivity index (χ1v) is 11.1. The maximum absolute atomic E-state index is 13.4. The third kappa shape index (κ3) is 1.79. The number of nitrogens with zero attached hydrogens (tertiary/aromatic N) is 2. The standard InChI is InChI=1S/C19H16N2O3S2/c20-10-19(18-25-8-9-26(18)24)13-6-3-7-21(13)15-14(19)16(22)11-4-1-2-5-12(11)17(15)23/h1-2,4-5,13,18H,3,6-9H2/t13-,18-,19-,26?/m1/s1. The van der Waals surface area contributed by atoms with E-state index in [2.05, 4.69) is 6.07 Å². The lowest BCUT2D eigenvalue weighted by atomic mass is 9.72. The number of benzene rings is 1. The predicted octanol–water partition coefficient (Wildman–Crippen LogP) is 2.13. The lowest BCUT2D eigenvalue weighted by molar-refractivity contribution is 0.0955. The van der Waals surface area contributed by atoms with Crippen LogP contribution in [-0.2, 0) is 10.8 Å². The van der Waals surface area contributed by atoms with Crippen LogP contribution in [0.15, 0.2) is 35.5 Å². The molecule has 0 N–H and O–H groups in total. The number of hydrogen-bond donors (Lipinski definition) is 0. The molecule has 0 bridgehead atoms. The van der Waals surface area contributed by atoms with Crippen molar-refractivity contribution in [1.82, 2.24) is 4.90 Å². The highest BCUT2D eigenvalue weighted by atomic mass is 32.2. The Balaban J connectivity index is 1.80. The van der Waals surface area contributed by atoms with E-state index >= 15 is 0 Å². The zero-order valence-electron chi connectivity index (χ0n) is 13.9. The Morgan fingerprint density at radius 2 is 1.96 bits per heavy atom. The van der Waals surface area contributed by atoms with Crippen LogP contribution < -0.4 is 0 Å². The van der Waals surface area contributed by atoms with Gasteiger partial charge in [0.15, 0.2) is 5.78 Å². The normalized spacial score (nSPS) is 35.3. The predicted molar refractivity (Wildman–Crippen MR) is 99.2 cm³/mol. The molecular weight excluding hydrogens is 368 g/mol. The number of nitriles is 1. The van der Waals surface area contributed by atoms with Crippen molar-refractivity contribution >= 4 is 34.1 Å². The van der Waals surface area contributed by atoms with E-state index in [0.717, 1.165) is 18.6 Å². The van der Waals surface area contributed by atoms with E-state index in [-0.39, 0.29) is 17.6 Å². The molecule has 2 fully saturated rings. The quantitative estimate of drug-likeness (QED) is 0.738. The summed E-state index contributed by atoms with van der Waals surface area (Å²) in [6.07, 6.45) is 1.61. The molecule has 1 unspecified atom stereocenters. The zero-order chi connectivity index (χ0) is 18.1. The summed E-state index contributed by atoms with van der Waals surface area (Å²) < 4.78 is 12.3. The molecule has 3 heterocycles. The van der Waals surface area contributed by atoms with Crippen molar-refractivity contribution in [2.75, 3.05) is 18.1 Å². The molecule has 132 valence electrons. The molecule has 26 heavy (non-hydrogen) atoms. The fourth-order valence-corrected chi connectivity index (χ4v) is 8.90. The molecule has 4 aliphatic rings.